The van der Waals surface area contributed by atoms with Gasteiger partial charge in [-0.25, -0.2) is 0 Å². The van der Waals surface area contributed by atoms with Gasteiger partial charge in [-0.05, 0) is 142 Å². The summed E-state index contributed by atoms with van der Waals surface area (Å²) in [7, 11) is 0. The van der Waals surface area contributed by atoms with Crippen LogP contribution in [0.3, 0.4) is 0 Å². The second-order valence-corrected chi connectivity index (χ2v) is 18.3. The average Bonchev–Trinajstić information content (AvgIpc) is 3.71. The number of phenolic OH excluding ortho intramolecular Hbond substituents is 1. The number of thiophene rings is 1. The van der Waals surface area contributed by atoms with Crippen molar-refractivity contribution in [2.24, 2.45) is 16.8 Å². The number of phenols is 1. The highest BCUT2D eigenvalue weighted by Gasteiger charge is 2.34. The number of anilines is 2. The van der Waals surface area contributed by atoms with Crippen LogP contribution >= 0.6 is 11.3 Å². The molecule has 0 unspecified atom stereocenters. The van der Waals surface area contributed by atoms with Crippen LogP contribution in [-0.2, 0) is 6.42 Å². The van der Waals surface area contributed by atoms with E-state index in [0.717, 1.165) is 68.2 Å². The summed E-state index contributed by atoms with van der Waals surface area (Å²) in [6.45, 7) is 13.1. The quantitative estimate of drug-likeness (QED) is 0.175. The topological polar surface area (TPSA) is 69.8 Å². The minimum atomic E-state index is -0.0698. The lowest BCUT2D eigenvalue weighted by Gasteiger charge is -2.44. The number of rotatable bonds is 7. The Balaban J connectivity index is 0.756. The molecule has 6 aromatic rings. The van der Waals surface area contributed by atoms with Crippen LogP contribution in [0.5, 0.6) is 5.75 Å². The molecule has 2 aromatic heterocycles. The molecule has 0 saturated carbocycles. The van der Waals surface area contributed by atoms with Gasteiger partial charge in [-0.3, -0.25) is 9.56 Å². The van der Waals surface area contributed by atoms with Gasteiger partial charge in [0.25, 0.3) is 0 Å². The van der Waals surface area contributed by atoms with Crippen molar-refractivity contribution in [1.29, 1.82) is 0 Å². The van der Waals surface area contributed by atoms with E-state index in [1.165, 1.54) is 79.5 Å². The predicted molar refractivity (Wildman–Crippen MR) is 233 cm³/mol. The molecule has 57 heavy (non-hydrogen) atoms. The van der Waals surface area contributed by atoms with Gasteiger partial charge in [0.05, 0.1) is 5.71 Å². The van der Waals surface area contributed by atoms with Gasteiger partial charge in [0, 0.05) is 59.5 Å². The van der Waals surface area contributed by atoms with Crippen molar-refractivity contribution in [2.75, 3.05) is 36.0 Å². The minimum absolute atomic E-state index is 0.0698. The zero-order chi connectivity index (χ0) is 38.8. The van der Waals surface area contributed by atoms with Crippen LogP contribution in [-0.4, -0.2) is 51.8 Å². The zero-order valence-corrected chi connectivity index (χ0v) is 34.3. The van der Waals surface area contributed by atoms with Crippen molar-refractivity contribution in [3.63, 3.8) is 0 Å². The Bertz CT molecular complexity index is 2430. The number of aliphatic imine (C=N–C) groups is 1. The Hall–Kier alpha value is -5.21. The molecule has 2 fully saturated rings. The summed E-state index contributed by atoms with van der Waals surface area (Å²) in [5, 5.41) is 20.4. The molecule has 8 heteroatoms. The van der Waals surface area contributed by atoms with Crippen LogP contribution in [0.15, 0.2) is 102 Å². The summed E-state index contributed by atoms with van der Waals surface area (Å²) in [5.41, 5.74) is 12.8. The predicted octanol–water partition coefficient (Wildman–Crippen LogP) is 10.5. The maximum absolute atomic E-state index is 10.2. The van der Waals surface area contributed by atoms with Gasteiger partial charge in [-0.2, -0.15) is 0 Å². The van der Waals surface area contributed by atoms with E-state index in [4.69, 9.17) is 4.99 Å². The van der Waals surface area contributed by atoms with Gasteiger partial charge in [0.15, 0.2) is 5.82 Å². The van der Waals surface area contributed by atoms with Crippen LogP contribution in [0.25, 0.3) is 5.00 Å². The highest BCUT2D eigenvalue weighted by Crippen LogP contribution is 2.47. The third-order valence-corrected chi connectivity index (χ3v) is 14.7. The number of aromatic hydroxyl groups is 1. The van der Waals surface area contributed by atoms with E-state index in [2.05, 4.69) is 130 Å². The number of aryl methyl sites for hydroxylation is 3. The van der Waals surface area contributed by atoms with Gasteiger partial charge in [0.2, 0.25) is 0 Å². The lowest BCUT2D eigenvalue weighted by atomic mass is 9.69. The van der Waals surface area contributed by atoms with Crippen molar-refractivity contribution < 1.29 is 5.11 Å². The fraction of sp³-hybridized carbons (Fsp3) is 0.367. The Morgan fingerprint density at radius 3 is 2.23 bits per heavy atom. The first-order valence-corrected chi connectivity index (χ1v) is 21.8. The van der Waals surface area contributed by atoms with Crippen molar-refractivity contribution in [1.82, 2.24) is 14.8 Å². The number of nitrogens with zero attached hydrogens (tertiary/aromatic N) is 6. The van der Waals surface area contributed by atoms with Gasteiger partial charge in [0.1, 0.15) is 22.6 Å². The summed E-state index contributed by atoms with van der Waals surface area (Å²) in [6.07, 6.45) is 5.95. The smallest absolute Gasteiger partial charge is 0.162 e. The molecule has 3 atom stereocenters. The van der Waals surface area contributed by atoms with E-state index >= 15 is 0 Å². The highest BCUT2D eigenvalue weighted by molar-refractivity contribution is 7.15. The largest absolute Gasteiger partial charge is 0.508 e. The standard InChI is InChI=1S/C49H52N6OS/c1-30-32(3)57-49-45(30)47(50-31(2)48-52-51-33(4)55(48)49)38-12-17-41(18-13-38)54-28-35(29-54)26-34-22-24-53(25-23-34)40-15-10-37(11-16-40)46-43(36-8-6-5-7-9-36)20-14-39-27-42(56)19-21-44(39)46/h5-13,15-19,21,27,31,34-35,43,46,56H,14,20,22-26,28-29H2,1-4H3/t31-,43+,46-/m0/s1. The number of hydrogen-bond acceptors (Lipinski definition) is 7. The second-order valence-electron chi connectivity index (χ2n) is 17.1. The molecule has 0 spiro atoms. The Kier molecular flexibility index (Phi) is 9.28. The van der Waals surface area contributed by atoms with Crippen molar-refractivity contribution in [3.8, 4) is 10.8 Å². The average molecular weight is 773 g/mol. The molecular formula is C49H52N6OS. The van der Waals surface area contributed by atoms with Crippen LogP contribution in [0.4, 0.5) is 11.4 Å². The molecule has 0 radical (unpaired) electrons. The molecule has 290 valence electrons. The molecule has 0 amide bonds. The van der Waals surface area contributed by atoms with E-state index < -0.39 is 0 Å². The van der Waals surface area contributed by atoms with Gasteiger partial charge in [-0.1, -0.05) is 60.7 Å². The van der Waals surface area contributed by atoms with E-state index in [9.17, 15) is 5.11 Å². The molecule has 0 bridgehead atoms. The molecule has 1 aliphatic carbocycles. The Labute approximate surface area is 340 Å². The lowest BCUT2D eigenvalue weighted by molar-refractivity contribution is 0.278. The van der Waals surface area contributed by atoms with Crippen molar-refractivity contribution in [3.05, 3.63) is 153 Å². The highest BCUT2D eigenvalue weighted by atomic mass is 32.1. The SMILES string of the molecule is Cc1sc2c(c1C)C(c1ccc(N3CC(CC4CCN(c5ccc([C@@H]6c7ccc(O)cc7CC[C@@H]6c6ccccc6)cc5)CC4)C3)cc1)=N[C@@H](C)c1nnc(C)n1-2. The van der Waals surface area contributed by atoms with Gasteiger partial charge < -0.3 is 14.9 Å². The molecule has 10 rings (SSSR count). The van der Waals surface area contributed by atoms with Crippen LogP contribution < -0.4 is 9.80 Å². The first-order valence-electron chi connectivity index (χ1n) is 21.0. The summed E-state index contributed by atoms with van der Waals surface area (Å²) in [6, 6.07) is 35.5. The number of aromatic nitrogens is 3. The third-order valence-electron chi connectivity index (χ3n) is 13.5. The maximum atomic E-state index is 10.2. The first-order chi connectivity index (χ1) is 27.8. The zero-order valence-electron chi connectivity index (χ0n) is 33.5. The molecule has 5 heterocycles. The number of fused-ring (bicyclic) bond motifs is 4. The number of benzene rings is 4. The summed E-state index contributed by atoms with van der Waals surface area (Å²) >= 11 is 1.81. The fourth-order valence-corrected chi connectivity index (χ4v) is 11.5. The van der Waals surface area contributed by atoms with E-state index in [0.29, 0.717) is 11.7 Å². The molecule has 1 N–H and O–H groups in total. The van der Waals surface area contributed by atoms with Gasteiger partial charge in [-0.15, -0.1) is 21.5 Å². The number of piperidine rings is 1. The molecule has 7 nitrogen and oxygen atoms in total. The van der Waals surface area contributed by atoms with E-state index in [1.807, 2.05) is 30.4 Å². The van der Waals surface area contributed by atoms with Crippen molar-refractivity contribution in [2.45, 2.75) is 77.7 Å². The van der Waals surface area contributed by atoms with E-state index in [-0.39, 0.29) is 12.0 Å². The van der Waals surface area contributed by atoms with Crippen LogP contribution in [0, 0.1) is 32.6 Å². The monoisotopic (exact) mass is 772 g/mol. The lowest BCUT2D eigenvalue weighted by Crippen LogP contribution is -2.48. The maximum Gasteiger partial charge on any atom is 0.162 e. The molecule has 2 saturated heterocycles. The van der Waals surface area contributed by atoms with Crippen LogP contribution in [0.1, 0.15) is 106 Å². The van der Waals surface area contributed by atoms with Crippen molar-refractivity contribution >= 4 is 28.4 Å². The Morgan fingerprint density at radius 2 is 1.47 bits per heavy atom. The van der Waals surface area contributed by atoms with E-state index in [1.54, 1.807) is 0 Å². The summed E-state index contributed by atoms with van der Waals surface area (Å²) < 4.78 is 2.21. The Morgan fingerprint density at radius 1 is 0.754 bits per heavy atom. The van der Waals surface area contributed by atoms with Gasteiger partial charge >= 0.3 is 0 Å². The van der Waals surface area contributed by atoms with Crippen LogP contribution in [0.2, 0.25) is 0 Å². The third kappa shape index (κ3) is 6.56. The molecule has 4 aliphatic rings. The minimum Gasteiger partial charge on any atom is -0.508 e. The first kappa shape index (κ1) is 36.2. The molecule has 3 aliphatic heterocycles. The normalized spacial score (nSPS) is 21.0. The molecular weight excluding hydrogens is 721 g/mol. The number of hydrogen-bond donors (Lipinski definition) is 1. The summed E-state index contributed by atoms with van der Waals surface area (Å²) in [4.78, 5) is 11.7. The fourth-order valence-electron chi connectivity index (χ4n) is 10.3. The second kappa shape index (κ2) is 14.6. The summed E-state index contributed by atoms with van der Waals surface area (Å²) in [5.74, 6) is 4.47. The molecule has 4 aromatic carbocycles.